The number of rotatable bonds is 3. The molecule has 0 atom stereocenters. The molecule has 0 fully saturated rings. The SMILES string of the molecule is O=C(N/N=C\c1c(Cl)cccc1Cl)c1ccc(O)cc1O. The largest absolute Gasteiger partial charge is 0.508 e. The van der Waals surface area contributed by atoms with Crippen molar-refractivity contribution in [3.8, 4) is 11.5 Å². The van der Waals surface area contributed by atoms with E-state index in [4.69, 9.17) is 28.3 Å². The average Bonchev–Trinajstić information content (AvgIpc) is 2.42. The molecular formula is C14H10Cl2N2O3. The first kappa shape index (κ1) is 15.2. The van der Waals surface area contributed by atoms with Gasteiger partial charge < -0.3 is 10.2 Å². The number of carbonyl (C=O) groups is 1. The molecule has 2 rings (SSSR count). The summed E-state index contributed by atoms with van der Waals surface area (Å²) in [5, 5.41) is 23.2. The van der Waals surface area contributed by atoms with Gasteiger partial charge in [0.1, 0.15) is 11.5 Å². The van der Waals surface area contributed by atoms with Gasteiger partial charge in [0, 0.05) is 11.6 Å². The van der Waals surface area contributed by atoms with Crippen LogP contribution in [0.1, 0.15) is 15.9 Å². The molecule has 2 aromatic rings. The van der Waals surface area contributed by atoms with Crippen LogP contribution >= 0.6 is 23.2 Å². The fourth-order valence-electron chi connectivity index (χ4n) is 1.56. The fraction of sp³-hybridized carbons (Fsp3) is 0. The maximum Gasteiger partial charge on any atom is 0.275 e. The highest BCUT2D eigenvalue weighted by atomic mass is 35.5. The second-order valence-corrected chi connectivity index (χ2v) is 4.85. The Hall–Kier alpha value is -2.24. The Morgan fingerprint density at radius 2 is 1.81 bits per heavy atom. The van der Waals surface area contributed by atoms with Crippen molar-refractivity contribution < 1.29 is 15.0 Å². The van der Waals surface area contributed by atoms with E-state index in [9.17, 15) is 9.90 Å². The second-order valence-electron chi connectivity index (χ2n) is 4.04. The molecule has 0 heterocycles. The first-order valence-electron chi connectivity index (χ1n) is 5.78. The van der Waals surface area contributed by atoms with Gasteiger partial charge in [-0.25, -0.2) is 5.43 Å². The van der Waals surface area contributed by atoms with Crippen LogP contribution in [0.2, 0.25) is 10.0 Å². The summed E-state index contributed by atoms with van der Waals surface area (Å²) in [7, 11) is 0. The number of phenols is 2. The normalized spacial score (nSPS) is 10.8. The van der Waals surface area contributed by atoms with Gasteiger partial charge in [-0.2, -0.15) is 5.10 Å². The van der Waals surface area contributed by atoms with E-state index >= 15 is 0 Å². The molecule has 0 spiro atoms. The summed E-state index contributed by atoms with van der Waals surface area (Å²) < 4.78 is 0. The molecule has 0 unspecified atom stereocenters. The molecule has 0 aromatic heterocycles. The highest BCUT2D eigenvalue weighted by Gasteiger charge is 2.10. The lowest BCUT2D eigenvalue weighted by Gasteiger charge is -2.04. The molecule has 0 aliphatic heterocycles. The number of hydrogen-bond donors (Lipinski definition) is 3. The smallest absolute Gasteiger partial charge is 0.275 e. The van der Waals surface area contributed by atoms with Crippen LogP contribution in [0.3, 0.4) is 0 Å². The molecular weight excluding hydrogens is 315 g/mol. The number of carbonyl (C=O) groups excluding carboxylic acids is 1. The summed E-state index contributed by atoms with van der Waals surface area (Å²) in [5.41, 5.74) is 2.68. The minimum absolute atomic E-state index is 0.0183. The number of phenolic OH excluding ortho intramolecular Hbond substituents is 2. The van der Waals surface area contributed by atoms with E-state index in [0.717, 1.165) is 6.07 Å². The molecule has 7 heteroatoms. The molecule has 2 aromatic carbocycles. The quantitative estimate of drug-likeness (QED) is 0.599. The Kier molecular flexibility index (Phi) is 4.67. The lowest BCUT2D eigenvalue weighted by molar-refractivity contribution is 0.0952. The zero-order valence-corrected chi connectivity index (χ0v) is 12.1. The number of hydrazone groups is 1. The molecule has 0 bridgehead atoms. The minimum atomic E-state index is -0.632. The van der Waals surface area contributed by atoms with Crippen LogP contribution in [0.15, 0.2) is 41.5 Å². The maximum atomic E-state index is 11.8. The van der Waals surface area contributed by atoms with Gasteiger partial charge in [-0.15, -0.1) is 0 Å². The average molecular weight is 325 g/mol. The van der Waals surface area contributed by atoms with Gasteiger partial charge >= 0.3 is 0 Å². The first-order chi connectivity index (χ1) is 9.99. The van der Waals surface area contributed by atoms with Gasteiger partial charge in [-0.05, 0) is 24.3 Å². The highest BCUT2D eigenvalue weighted by Crippen LogP contribution is 2.23. The number of hydrogen-bond acceptors (Lipinski definition) is 4. The molecule has 0 aliphatic carbocycles. The summed E-state index contributed by atoms with van der Waals surface area (Å²) in [5.74, 6) is -1.12. The third kappa shape index (κ3) is 3.65. The summed E-state index contributed by atoms with van der Waals surface area (Å²) in [6.07, 6.45) is 1.31. The Morgan fingerprint density at radius 1 is 1.14 bits per heavy atom. The van der Waals surface area contributed by atoms with Gasteiger partial charge in [0.15, 0.2) is 0 Å². The van der Waals surface area contributed by atoms with Crippen molar-refractivity contribution in [1.82, 2.24) is 5.43 Å². The lowest BCUT2D eigenvalue weighted by atomic mass is 10.2. The molecule has 0 saturated carbocycles. The summed E-state index contributed by atoms with van der Waals surface area (Å²) >= 11 is 11.9. The highest BCUT2D eigenvalue weighted by molar-refractivity contribution is 6.38. The fourth-order valence-corrected chi connectivity index (χ4v) is 2.06. The monoisotopic (exact) mass is 324 g/mol. The maximum absolute atomic E-state index is 11.8. The minimum Gasteiger partial charge on any atom is -0.508 e. The molecule has 0 saturated heterocycles. The van der Waals surface area contributed by atoms with Gasteiger partial charge in [0.25, 0.3) is 5.91 Å². The first-order valence-corrected chi connectivity index (χ1v) is 6.54. The third-order valence-corrected chi connectivity index (χ3v) is 3.24. The van der Waals surface area contributed by atoms with Crippen LogP contribution < -0.4 is 5.43 Å². The summed E-state index contributed by atoms with van der Waals surface area (Å²) in [6, 6.07) is 8.59. The van der Waals surface area contributed by atoms with Crippen LogP contribution in [0.4, 0.5) is 0 Å². The van der Waals surface area contributed by atoms with Gasteiger partial charge in [0.2, 0.25) is 0 Å². The van der Waals surface area contributed by atoms with Gasteiger partial charge in [-0.1, -0.05) is 29.3 Å². The summed E-state index contributed by atoms with van der Waals surface area (Å²) in [6.45, 7) is 0. The number of halogens is 2. The third-order valence-electron chi connectivity index (χ3n) is 2.59. The van der Waals surface area contributed by atoms with Crippen molar-refractivity contribution in [1.29, 1.82) is 0 Å². The number of nitrogens with one attached hydrogen (secondary N) is 1. The lowest BCUT2D eigenvalue weighted by Crippen LogP contribution is -2.17. The van der Waals surface area contributed by atoms with Crippen molar-refractivity contribution in [2.75, 3.05) is 0 Å². The van der Waals surface area contributed by atoms with E-state index in [1.165, 1.54) is 18.3 Å². The van der Waals surface area contributed by atoms with E-state index in [2.05, 4.69) is 10.5 Å². The molecule has 0 aliphatic rings. The van der Waals surface area contributed by atoms with Crippen LogP contribution in [0.25, 0.3) is 0 Å². The van der Waals surface area contributed by atoms with Crippen LogP contribution in [0.5, 0.6) is 11.5 Å². The Morgan fingerprint density at radius 3 is 2.43 bits per heavy atom. The molecule has 21 heavy (non-hydrogen) atoms. The molecule has 1 amide bonds. The zero-order valence-electron chi connectivity index (χ0n) is 10.5. The molecule has 3 N–H and O–H groups in total. The van der Waals surface area contributed by atoms with Crippen LogP contribution in [0, 0.1) is 0 Å². The predicted octanol–water partition coefficient (Wildman–Crippen LogP) is 3.17. The zero-order chi connectivity index (χ0) is 15.4. The van der Waals surface area contributed by atoms with Crippen molar-refractivity contribution in [2.45, 2.75) is 0 Å². The van der Waals surface area contributed by atoms with E-state index in [0.29, 0.717) is 15.6 Å². The van der Waals surface area contributed by atoms with Crippen molar-refractivity contribution in [3.05, 3.63) is 57.6 Å². The van der Waals surface area contributed by atoms with Crippen molar-refractivity contribution in [3.63, 3.8) is 0 Å². The Balaban J connectivity index is 2.12. The topological polar surface area (TPSA) is 81.9 Å². The van der Waals surface area contributed by atoms with E-state index < -0.39 is 5.91 Å². The van der Waals surface area contributed by atoms with E-state index in [1.54, 1.807) is 18.2 Å². The number of benzene rings is 2. The Labute approximate surface area is 130 Å². The van der Waals surface area contributed by atoms with E-state index in [-0.39, 0.29) is 17.1 Å². The predicted molar refractivity (Wildman–Crippen MR) is 81.3 cm³/mol. The molecule has 0 radical (unpaired) electrons. The second kappa shape index (κ2) is 6.47. The summed E-state index contributed by atoms with van der Waals surface area (Å²) in [4.78, 5) is 11.8. The Bertz CT molecular complexity index is 697. The number of aromatic hydroxyl groups is 2. The van der Waals surface area contributed by atoms with Crippen LogP contribution in [-0.2, 0) is 0 Å². The van der Waals surface area contributed by atoms with E-state index in [1.807, 2.05) is 0 Å². The number of amides is 1. The van der Waals surface area contributed by atoms with Crippen LogP contribution in [-0.4, -0.2) is 22.3 Å². The number of nitrogens with zero attached hydrogens (tertiary/aromatic N) is 1. The van der Waals surface area contributed by atoms with Gasteiger partial charge in [0.05, 0.1) is 21.8 Å². The van der Waals surface area contributed by atoms with Gasteiger partial charge in [-0.3, -0.25) is 4.79 Å². The standard InChI is InChI=1S/C14H10Cl2N2O3/c15-11-2-1-3-12(16)10(11)7-17-18-14(21)9-5-4-8(19)6-13(9)20/h1-7,19-20H,(H,18,21)/b17-7-. The molecule has 5 nitrogen and oxygen atoms in total. The van der Waals surface area contributed by atoms with Crippen molar-refractivity contribution >= 4 is 35.3 Å². The molecule has 108 valence electrons. The van der Waals surface area contributed by atoms with Crippen molar-refractivity contribution in [2.24, 2.45) is 5.10 Å².